The number of nitrogens with one attached hydrogen (secondary N) is 2. The van der Waals surface area contributed by atoms with E-state index in [0.29, 0.717) is 18.1 Å². The Bertz CT molecular complexity index is 501. The van der Waals surface area contributed by atoms with Crippen LogP contribution in [-0.2, 0) is 26.1 Å². The van der Waals surface area contributed by atoms with Gasteiger partial charge in [0.2, 0.25) is 5.91 Å². The van der Waals surface area contributed by atoms with Crippen LogP contribution in [0.2, 0.25) is 0 Å². The van der Waals surface area contributed by atoms with Gasteiger partial charge in [-0.1, -0.05) is 12.1 Å². The van der Waals surface area contributed by atoms with Gasteiger partial charge in [0.05, 0.1) is 12.5 Å². The molecular weight excluding hydrogens is 288 g/mol. The second kappa shape index (κ2) is 8.26. The first kappa shape index (κ1) is 16.1. The van der Waals surface area contributed by atoms with E-state index in [9.17, 15) is 9.00 Å². The van der Waals surface area contributed by atoms with Crippen LogP contribution in [0.3, 0.4) is 0 Å². The average Bonchev–Trinajstić information content (AvgIpc) is 3.00. The summed E-state index contributed by atoms with van der Waals surface area (Å²) in [5.74, 6) is 1.11. The molecule has 1 aliphatic heterocycles. The van der Waals surface area contributed by atoms with Crippen LogP contribution in [0.1, 0.15) is 12.0 Å². The number of carbonyl (C=O) groups is 1. The first-order valence-electron chi connectivity index (χ1n) is 7.13. The zero-order valence-corrected chi connectivity index (χ0v) is 13.1. The molecule has 1 aromatic carbocycles. The highest BCUT2D eigenvalue weighted by Crippen LogP contribution is 2.15. The van der Waals surface area contributed by atoms with Crippen LogP contribution in [0.4, 0.5) is 5.69 Å². The second-order valence-electron chi connectivity index (χ2n) is 5.16. The van der Waals surface area contributed by atoms with Crippen LogP contribution in [0, 0.1) is 5.92 Å². The van der Waals surface area contributed by atoms with Gasteiger partial charge >= 0.3 is 0 Å². The summed E-state index contributed by atoms with van der Waals surface area (Å²) in [5.41, 5.74) is 1.74. The van der Waals surface area contributed by atoms with Gasteiger partial charge in [-0.05, 0) is 30.7 Å². The van der Waals surface area contributed by atoms with Crippen molar-refractivity contribution >= 4 is 22.4 Å². The SMILES string of the molecule is COCCS(=O)Cc1cccc(NC(=O)C2CCNC2)c1. The van der Waals surface area contributed by atoms with Crippen molar-refractivity contribution in [1.82, 2.24) is 5.32 Å². The van der Waals surface area contributed by atoms with Gasteiger partial charge < -0.3 is 15.4 Å². The number of ether oxygens (including phenoxy) is 1. The third-order valence-corrected chi connectivity index (χ3v) is 4.75. The quantitative estimate of drug-likeness (QED) is 0.792. The number of anilines is 1. The summed E-state index contributed by atoms with van der Waals surface area (Å²) in [6.45, 7) is 2.14. The van der Waals surface area contributed by atoms with Crippen LogP contribution >= 0.6 is 0 Å². The lowest BCUT2D eigenvalue weighted by Crippen LogP contribution is -2.24. The molecule has 21 heavy (non-hydrogen) atoms. The van der Waals surface area contributed by atoms with Crippen LogP contribution < -0.4 is 10.6 Å². The average molecular weight is 310 g/mol. The maximum Gasteiger partial charge on any atom is 0.228 e. The maximum absolute atomic E-state index is 12.1. The van der Waals surface area contributed by atoms with Gasteiger partial charge in [0.15, 0.2) is 0 Å². The monoisotopic (exact) mass is 310 g/mol. The van der Waals surface area contributed by atoms with Crippen molar-refractivity contribution in [3.8, 4) is 0 Å². The van der Waals surface area contributed by atoms with E-state index in [4.69, 9.17) is 4.74 Å². The number of benzene rings is 1. The third kappa shape index (κ3) is 5.22. The zero-order valence-electron chi connectivity index (χ0n) is 12.3. The summed E-state index contributed by atoms with van der Waals surface area (Å²) >= 11 is 0. The molecule has 6 heteroatoms. The molecule has 0 radical (unpaired) electrons. The van der Waals surface area contributed by atoms with Gasteiger partial charge in [-0.2, -0.15) is 0 Å². The van der Waals surface area contributed by atoms with Crippen LogP contribution in [-0.4, -0.2) is 42.7 Å². The predicted molar refractivity (Wildman–Crippen MR) is 84.6 cm³/mol. The Kier molecular flexibility index (Phi) is 6.35. The molecule has 5 nitrogen and oxygen atoms in total. The molecule has 1 aliphatic rings. The molecule has 1 heterocycles. The molecule has 1 saturated heterocycles. The van der Waals surface area contributed by atoms with E-state index < -0.39 is 10.8 Å². The van der Waals surface area contributed by atoms with E-state index >= 15 is 0 Å². The summed E-state index contributed by atoms with van der Waals surface area (Å²) in [6.07, 6.45) is 0.882. The van der Waals surface area contributed by atoms with E-state index in [0.717, 1.165) is 30.8 Å². The minimum atomic E-state index is -0.942. The molecule has 1 fully saturated rings. The molecule has 2 N–H and O–H groups in total. The fraction of sp³-hybridized carbons (Fsp3) is 0.533. The molecule has 116 valence electrons. The number of carbonyl (C=O) groups excluding carboxylic acids is 1. The topological polar surface area (TPSA) is 67.4 Å². The van der Waals surface area contributed by atoms with Crippen molar-refractivity contribution < 1.29 is 13.7 Å². The molecular formula is C15H22N2O3S. The third-order valence-electron chi connectivity index (χ3n) is 3.47. The first-order chi connectivity index (χ1) is 10.2. The molecule has 2 rings (SSSR count). The lowest BCUT2D eigenvalue weighted by molar-refractivity contribution is -0.119. The first-order valence-corrected chi connectivity index (χ1v) is 8.62. The lowest BCUT2D eigenvalue weighted by atomic mass is 10.1. The van der Waals surface area contributed by atoms with Gasteiger partial charge in [0.25, 0.3) is 0 Å². The number of rotatable bonds is 7. The number of hydrogen-bond donors (Lipinski definition) is 2. The highest BCUT2D eigenvalue weighted by Gasteiger charge is 2.22. The normalized spacial score (nSPS) is 19.4. The van der Waals surface area contributed by atoms with Gasteiger partial charge in [-0.3, -0.25) is 9.00 Å². The molecule has 2 unspecified atom stereocenters. The van der Waals surface area contributed by atoms with E-state index in [-0.39, 0.29) is 11.8 Å². The van der Waals surface area contributed by atoms with Crippen molar-refractivity contribution in [3.63, 3.8) is 0 Å². The Hall–Kier alpha value is -1.24. The van der Waals surface area contributed by atoms with Crippen LogP contribution in [0.15, 0.2) is 24.3 Å². The number of hydrogen-bond acceptors (Lipinski definition) is 4. The van der Waals surface area contributed by atoms with Crippen LogP contribution in [0.5, 0.6) is 0 Å². The summed E-state index contributed by atoms with van der Waals surface area (Å²) in [7, 11) is 0.661. The van der Waals surface area contributed by atoms with Gasteiger partial charge in [-0.15, -0.1) is 0 Å². The number of methoxy groups -OCH3 is 1. The van der Waals surface area contributed by atoms with E-state index in [1.807, 2.05) is 24.3 Å². The Balaban J connectivity index is 1.90. The number of amides is 1. The molecule has 2 atom stereocenters. The molecule has 0 saturated carbocycles. The largest absolute Gasteiger partial charge is 0.384 e. The highest BCUT2D eigenvalue weighted by atomic mass is 32.2. The minimum absolute atomic E-state index is 0.0458. The standard InChI is InChI=1S/C15H22N2O3S/c1-20-7-8-21(19)11-12-3-2-4-14(9-12)17-15(18)13-5-6-16-10-13/h2-4,9,13,16H,5-8,10-11H2,1H3,(H,17,18). The molecule has 1 amide bonds. The predicted octanol–water partition coefficient (Wildman–Crippen LogP) is 1.13. The van der Waals surface area contributed by atoms with E-state index in [1.165, 1.54) is 0 Å². The van der Waals surface area contributed by atoms with Crippen molar-refractivity contribution in [1.29, 1.82) is 0 Å². The van der Waals surface area contributed by atoms with Gasteiger partial charge in [0.1, 0.15) is 0 Å². The fourth-order valence-electron chi connectivity index (χ4n) is 2.30. The summed E-state index contributed by atoms with van der Waals surface area (Å²) in [4.78, 5) is 12.1. The molecule has 0 aliphatic carbocycles. The summed E-state index contributed by atoms with van der Waals surface area (Å²) in [5, 5.41) is 6.12. The van der Waals surface area contributed by atoms with Crippen molar-refractivity contribution in [2.24, 2.45) is 5.92 Å². The maximum atomic E-state index is 12.1. The molecule has 1 aromatic rings. The Morgan fingerprint density at radius 3 is 3.10 bits per heavy atom. The zero-order chi connectivity index (χ0) is 15.1. The van der Waals surface area contributed by atoms with Gasteiger partial charge in [-0.25, -0.2) is 0 Å². The second-order valence-corrected chi connectivity index (χ2v) is 6.74. The Morgan fingerprint density at radius 2 is 2.38 bits per heavy atom. The van der Waals surface area contributed by atoms with Crippen molar-refractivity contribution in [3.05, 3.63) is 29.8 Å². The smallest absolute Gasteiger partial charge is 0.228 e. The lowest BCUT2D eigenvalue weighted by Gasteiger charge is -2.11. The van der Waals surface area contributed by atoms with E-state index in [2.05, 4.69) is 10.6 Å². The molecule has 0 spiro atoms. The van der Waals surface area contributed by atoms with E-state index in [1.54, 1.807) is 7.11 Å². The van der Waals surface area contributed by atoms with Gasteiger partial charge in [0, 0.05) is 41.6 Å². The fourth-order valence-corrected chi connectivity index (χ4v) is 3.34. The molecule has 0 bridgehead atoms. The minimum Gasteiger partial charge on any atom is -0.384 e. The highest BCUT2D eigenvalue weighted by molar-refractivity contribution is 7.84. The summed E-state index contributed by atoms with van der Waals surface area (Å²) in [6, 6.07) is 7.57. The van der Waals surface area contributed by atoms with Crippen molar-refractivity contribution in [2.45, 2.75) is 12.2 Å². The Morgan fingerprint density at radius 1 is 1.52 bits per heavy atom. The Labute approximate surface area is 127 Å². The summed E-state index contributed by atoms with van der Waals surface area (Å²) < 4.78 is 16.8. The molecule has 0 aromatic heterocycles. The van der Waals surface area contributed by atoms with Crippen molar-refractivity contribution in [2.75, 3.05) is 37.9 Å². The van der Waals surface area contributed by atoms with Crippen LogP contribution in [0.25, 0.3) is 0 Å².